The molecule has 1 heterocycles. The maximum atomic E-state index is 13.3. The molecule has 1 aromatic rings. The summed E-state index contributed by atoms with van der Waals surface area (Å²) in [6.45, 7) is 0. The number of carboxylic acid groups (broad SMARTS) is 1. The Labute approximate surface area is 180 Å². The summed E-state index contributed by atoms with van der Waals surface area (Å²) in [7, 11) is 0. The van der Waals surface area contributed by atoms with E-state index in [2.05, 4.69) is 10.6 Å². The monoisotopic (exact) mass is 430 g/mol. The summed E-state index contributed by atoms with van der Waals surface area (Å²) in [5, 5.41) is 16.7. The van der Waals surface area contributed by atoms with E-state index in [-0.39, 0.29) is 29.7 Å². The molecule has 0 spiro atoms. The number of nitrogens with one attached hydrogen (secondary N) is 2. The fourth-order valence-corrected chi connectivity index (χ4v) is 7.73. The van der Waals surface area contributed by atoms with Gasteiger partial charge in [0, 0.05) is 10.9 Å². The highest BCUT2D eigenvalue weighted by molar-refractivity contribution is 7.17. The molecule has 4 saturated carbocycles. The van der Waals surface area contributed by atoms with E-state index in [1.165, 1.54) is 16.2 Å². The van der Waals surface area contributed by atoms with Crippen LogP contribution in [0.2, 0.25) is 0 Å². The molecule has 2 atom stereocenters. The molecule has 3 N–H and O–H groups in total. The van der Waals surface area contributed by atoms with E-state index < -0.39 is 17.8 Å². The Morgan fingerprint density at radius 2 is 1.53 bits per heavy atom. The zero-order valence-electron chi connectivity index (χ0n) is 17.2. The molecule has 30 heavy (non-hydrogen) atoms. The molecule has 0 aliphatic heterocycles. The summed E-state index contributed by atoms with van der Waals surface area (Å²) in [6, 6.07) is 0.225. The van der Waals surface area contributed by atoms with Crippen molar-refractivity contribution in [1.82, 2.24) is 5.32 Å². The summed E-state index contributed by atoms with van der Waals surface area (Å²) >= 11 is 1.52. The fourth-order valence-electron chi connectivity index (χ4n) is 6.44. The summed E-state index contributed by atoms with van der Waals surface area (Å²) in [5.74, 6) is -1.97. The van der Waals surface area contributed by atoms with Gasteiger partial charge in [-0.2, -0.15) is 0 Å². The van der Waals surface area contributed by atoms with Gasteiger partial charge in [0.25, 0.3) is 5.91 Å². The van der Waals surface area contributed by atoms with Crippen LogP contribution in [-0.2, 0) is 22.4 Å². The number of aliphatic carboxylic acids is 1. The number of anilines is 1. The van der Waals surface area contributed by atoms with Crippen molar-refractivity contribution in [1.29, 1.82) is 0 Å². The third kappa shape index (κ3) is 3.45. The van der Waals surface area contributed by atoms with Crippen molar-refractivity contribution in [2.75, 3.05) is 5.32 Å². The van der Waals surface area contributed by atoms with E-state index in [9.17, 15) is 19.5 Å². The Morgan fingerprint density at radius 3 is 2.20 bits per heavy atom. The molecule has 4 fully saturated rings. The quantitative estimate of drug-likeness (QED) is 0.658. The molecule has 0 radical (unpaired) electrons. The van der Waals surface area contributed by atoms with Crippen molar-refractivity contribution < 1.29 is 19.5 Å². The highest BCUT2D eigenvalue weighted by Crippen LogP contribution is 2.50. The third-order valence-corrected chi connectivity index (χ3v) is 9.09. The Bertz CT molecular complexity index is 865. The predicted octanol–water partition coefficient (Wildman–Crippen LogP) is 3.98. The minimum Gasteiger partial charge on any atom is -0.481 e. The summed E-state index contributed by atoms with van der Waals surface area (Å²) in [5.41, 5.74) is 1.73. The zero-order valence-corrected chi connectivity index (χ0v) is 18.1. The highest BCUT2D eigenvalue weighted by atomic mass is 32.1. The molecular weight excluding hydrogens is 400 g/mol. The van der Waals surface area contributed by atoms with Gasteiger partial charge in [0.1, 0.15) is 5.00 Å². The average Bonchev–Trinajstić information content (AvgIpc) is 3.45. The van der Waals surface area contributed by atoms with Crippen LogP contribution in [0.4, 0.5) is 5.00 Å². The van der Waals surface area contributed by atoms with Gasteiger partial charge < -0.3 is 15.7 Å². The number of carbonyl (C=O) groups excluding carboxylic acids is 2. The first-order valence-corrected chi connectivity index (χ1v) is 12.3. The molecule has 2 amide bonds. The van der Waals surface area contributed by atoms with Gasteiger partial charge in [-0.05, 0) is 75.2 Å². The van der Waals surface area contributed by atoms with Crippen LogP contribution in [0.25, 0.3) is 0 Å². The van der Waals surface area contributed by atoms with Crippen LogP contribution in [0.15, 0.2) is 0 Å². The van der Waals surface area contributed by atoms with Crippen LogP contribution in [0.5, 0.6) is 0 Å². The largest absolute Gasteiger partial charge is 0.481 e. The average molecular weight is 431 g/mol. The fraction of sp³-hybridized carbons (Fsp3) is 0.696. The predicted molar refractivity (Wildman–Crippen MR) is 115 cm³/mol. The van der Waals surface area contributed by atoms with Crippen molar-refractivity contribution in [2.45, 2.75) is 76.7 Å². The molecule has 7 heteroatoms. The lowest BCUT2D eigenvalue weighted by Gasteiger charge is -2.45. The number of carbonyl (C=O) groups is 3. The van der Waals surface area contributed by atoms with Crippen LogP contribution in [0.3, 0.4) is 0 Å². The first kappa shape index (κ1) is 20.0. The van der Waals surface area contributed by atoms with E-state index >= 15 is 0 Å². The Hall–Kier alpha value is -1.89. The van der Waals surface area contributed by atoms with E-state index in [0.29, 0.717) is 10.6 Å². The van der Waals surface area contributed by atoms with E-state index in [1.54, 1.807) is 0 Å². The number of amides is 2. The van der Waals surface area contributed by atoms with Crippen molar-refractivity contribution >= 4 is 34.1 Å². The van der Waals surface area contributed by atoms with Crippen molar-refractivity contribution in [3.05, 3.63) is 16.0 Å². The number of hydrogen-bond acceptors (Lipinski definition) is 4. The van der Waals surface area contributed by atoms with Gasteiger partial charge in [-0.1, -0.05) is 12.8 Å². The van der Waals surface area contributed by atoms with Gasteiger partial charge in [0.2, 0.25) is 5.91 Å². The number of fused-ring (bicyclic) bond motifs is 4. The molecule has 0 aromatic carbocycles. The van der Waals surface area contributed by atoms with Crippen molar-refractivity contribution in [3.63, 3.8) is 0 Å². The Kier molecular flexibility index (Phi) is 5.33. The van der Waals surface area contributed by atoms with Gasteiger partial charge in [-0.3, -0.25) is 14.4 Å². The van der Waals surface area contributed by atoms with Crippen molar-refractivity contribution in [2.24, 2.45) is 23.7 Å². The lowest BCUT2D eigenvalue weighted by Crippen LogP contribution is -2.49. The Balaban J connectivity index is 1.40. The molecule has 0 saturated heterocycles. The maximum Gasteiger partial charge on any atom is 0.307 e. The smallest absolute Gasteiger partial charge is 0.307 e. The number of aryl methyl sites for hydroxylation is 1. The number of carboxylic acids is 1. The summed E-state index contributed by atoms with van der Waals surface area (Å²) in [4.78, 5) is 39.6. The second kappa shape index (κ2) is 7.98. The number of hydrogen-bond donors (Lipinski definition) is 3. The molecule has 162 valence electrons. The molecular formula is C23H30N2O4S. The lowest BCUT2D eigenvalue weighted by molar-refractivity contribution is -0.156. The molecule has 1 aromatic heterocycles. The highest BCUT2D eigenvalue weighted by Gasteiger charge is 2.50. The van der Waals surface area contributed by atoms with E-state index in [1.807, 2.05) is 0 Å². The first-order valence-electron chi connectivity index (χ1n) is 11.5. The molecule has 2 bridgehead atoms. The summed E-state index contributed by atoms with van der Waals surface area (Å²) < 4.78 is 0. The molecule has 0 unspecified atom stereocenters. The minimum absolute atomic E-state index is 0.0726. The maximum absolute atomic E-state index is 13.3. The van der Waals surface area contributed by atoms with E-state index in [4.69, 9.17) is 0 Å². The third-order valence-electron chi connectivity index (χ3n) is 7.88. The van der Waals surface area contributed by atoms with Gasteiger partial charge >= 0.3 is 5.97 Å². The van der Waals surface area contributed by atoms with Gasteiger partial charge in [-0.15, -0.1) is 11.3 Å². The number of rotatable bonds is 5. The van der Waals surface area contributed by atoms with E-state index in [0.717, 1.165) is 76.2 Å². The normalized spacial score (nSPS) is 30.3. The topological polar surface area (TPSA) is 95.5 Å². The second-order valence-corrected chi connectivity index (χ2v) is 10.7. The summed E-state index contributed by atoms with van der Waals surface area (Å²) in [6.07, 6.45) is 10.9. The standard InChI is InChI=1S/C23H30N2O4S/c26-20(17-12-8-10-13(11-9-12)18(17)23(28)29)25-22-19(15-6-3-7-16(15)30-22)21(27)24-14-4-1-2-5-14/h12-14,17-18H,1-11H2,(H,24,27)(H,25,26)(H,28,29)/t12?,13?,17-,18+/m1/s1. The van der Waals surface area contributed by atoms with Gasteiger partial charge in [0.15, 0.2) is 0 Å². The lowest BCUT2D eigenvalue weighted by atomic mass is 9.58. The SMILES string of the molecule is O=C(NC1CCCC1)c1c(NC(=O)[C@@H]2C3CCC(CC3)[C@@H]2C(=O)O)sc2c1CCC2. The molecule has 5 aliphatic rings. The molecule has 6 nitrogen and oxygen atoms in total. The minimum atomic E-state index is -0.850. The van der Waals surface area contributed by atoms with Crippen LogP contribution in [0, 0.1) is 23.7 Å². The van der Waals surface area contributed by atoms with Crippen LogP contribution in [-0.4, -0.2) is 28.9 Å². The molecule has 5 aliphatic carbocycles. The van der Waals surface area contributed by atoms with Crippen LogP contribution >= 0.6 is 11.3 Å². The first-order chi connectivity index (χ1) is 14.5. The Morgan fingerprint density at radius 1 is 0.867 bits per heavy atom. The van der Waals surface area contributed by atoms with Crippen molar-refractivity contribution in [3.8, 4) is 0 Å². The second-order valence-electron chi connectivity index (χ2n) is 9.57. The zero-order chi connectivity index (χ0) is 20.8. The number of thiophene rings is 1. The van der Waals surface area contributed by atoms with Gasteiger partial charge in [0.05, 0.1) is 17.4 Å². The van der Waals surface area contributed by atoms with Crippen LogP contribution < -0.4 is 10.6 Å². The van der Waals surface area contributed by atoms with Crippen LogP contribution in [0.1, 0.15) is 78.6 Å². The molecule has 6 rings (SSSR count). The van der Waals surface area contributed by atoms with Gasteiger partial charge in [-0.25, -0.2) is 0 Å².